The van der Waals surface area contributed by atoms with Gasteiger partial charge in [-0.15, -0.1) is 0 Å². The number of nitro groups is 1. The standard InChI is InChI=1S/C12H9N3O3/c16-15(17)11-4-1-3-10(7-11)8-13-14-9-12-5-2-6-18-12/h1-9H/b13-8+,14-9+. The second-order valence-electron chi connectivity index (χ2n) is 3.36. The van der Waals surface area contributed by atoms with Gasteiger partial charge in [-0.3, -0.25) is 10.1 Å². The Bertz CT molecular complexity index is 588. The molecule has 0 unspecified atom stereocenters. The first-order valence-electron chi connectivity index (χ1n) is 5.10. The van der Waals surface area contributed by atoms with Crippen molar-refractivity contribution in [3.05, 3.63) is 64.1 Å². The second-order valence-corrected chi connectivity index (χ2v) is 3.36. The number of non-ortho nitro benzene ring substituents is 1. The molecule has 1 aromatic carbocycles. The number of benzene rings is 1. The van der Waals surface area contributed by atoms with Gasteiger partial charge in [0.25, 0.3) is 5.69 Å². The van der Waals surface area contributed by atoms with Crippen LogP contribution in [0.15, 0.2) is 57.3 Å². The van der Waals surface area contributed by atoms with Crippen LogP contribution in [0.25, 0.3) is 0 Å². The number of nitro benzene ring substituents is 1. The Hall–Kier alpha value is -2.76. The van der Waals surface area contributed by atoms with E-state index in [4.69, 9.17) is 4.42 Å². The fourth-order valence-electron chi connectivity index (χ4n) is 1.27. The maximum atomic E-state index is 10.6. The summed E-state index contributed by atoms with van der Waals surface area (Å²) < 4.78 is 5.02. The molecule has 0 aliphatic carbocycles. The zero-order valence-electron chi connectivity index (χ0n) is 9.26. The van der Waals surface area contributed by atoms with E-state index in [1.807, 2.05) is 0 Å². The first kappa shape index (κ1) is 11.7. The zero-order chi connectivity index (χ0) is 12.8. The Balaban J connectivity index is 2.05. The van der Waals surface area contributed by atoms with Gasteiger partial charge in [0.1, 0.15) is 5.76 Å². The molecule has 0 amide bonds. The molecule has 0 N–H and O–H groups in total. The molecule has 1 heterocycles. The van der Waals surface area contributed by atoms with Crippen LogP contribution < -0.4 is 0 Å². The summed E-state index contributed by atoms with van der Waals surface area (Å²) in [5.74, 6) is 0.589. The minimum Gasteiger partial charge on any atom is -0.463 e. The molecule has 2 aromatic rings. The molecule has 6 nitrogen and oxygen atoms in total. The topological polar surface area (TPSA) is 81.0 Å². The first-order chi connectivity index (χ1) is 8.75. The van der Waals surface area contributed by atoms with Crippen LogP contribution in [0.4, 0.5) is 5.69 Å². The van der Waals surface area contributed by atoms with E-state index in [2.05, 4.69) is 10.2 Å². The smallest absolute Gasteiger partial charge is 0.270 e. The van der Waals surface area contributed by atoms with Gasteiger partial charge in [-0.05, 0) is 12.1 Å². The van der Waals surface area contributed by atoms with E-state index >= 15 is 0 Å². The van der Waals surface area contributed by atoms with Crippen LogP contribution in [0, 0.1) is 10.1 Å². The minimum absolute atomic E-state index is 0.0222. The number of rotatable bonds is 4. The van der Waals surface area contributed by atoms with Crippen LogP contribution in [-0.2, 0) is 0 Å². The molecule has 1 aromatic heterocycles. The molecule has 90 valence electrons. The highest BCUT2D eigenvalue weighted by atomic mass is 16.6. The summed E-state index contributed by atoms with van der Waals surface area (Å²) in [7, 11) is 0. The second kappa shape index (κ2) is 5.53. The van der Waals surface area contributed by atoms with Crippen LogP contribution in [0.1, 0.15) is 11.3 Å². The van der Waals surface area contributed by atoms with E-state index in [0.29, 0.717) is 11.3 Å². The third-order valence-electron chi connectivity index (χ3n) is 2.08. The van der Waals surface area contributed by atoms with Gasteiger partial charge in [-0.2, -0.15) is 10.2 Å². The van der Waals surface area contributed by atoms with Gasteiger partial charge < -0.3 is 4.42 Å². The molecule has 18 heavy (non-hydrogen) atoms. The van der Waals surface area contributed by atoms with Gasteiger partial charge in [-0.25, -0.2) is 0 Å². The van der Waals surface area contributed by atoms with Crippen LogP contribution in [-0.4, -0.2) is 17.4 Å². The molecular weight excluding hydrogens is 234 g/mol. The van der Waals surface area contributed by atoms with E-state index in [1.54, 1.807) is 24.3 Å². The highest BCUT2D eigenvalue weighted by Crippen LogP contribution is 2.11. The quantitative estimate of drug-likeness (QED) is 0.470. The van der Waals surface area contributed by atoms with Gasteiger partial charge in [0, 0.05) is 17.7 Å². The van der Waals surface area contributed by atoms with Crippen molar-refractivity contribution in [3.63, 3.8) is 0 Å². The van der Waals surface area contributed by atoms with Crippen molar-refractivity contribution in [2.45, 2.75) is 0 Å². The van der Waals surface area contributed by atoms with Gasteiger partial charge in [0.05, 0.1) is 23.6 Å². The average molecular weight is 243 g/mol. The SMILES string of the molecule is O=[N+]([O-])c1cccc(/C=N/N=C/c2ccco2)c1. The molecule has 0 aliphatic heterocycles. The molecule has 2 rings (SSSR count). The lowest BCUT2D eigenvalue weighted by atomic mass is 10.2. The molecule has 0 radical (unpaired) electrons. The lowest BCUT2D eigenvalue weighted by Crippen LogP contribution is -1.89. The molecule has 0 atom stereocenters. The third-order valence-corrected chi connectivity index (χ3v) is 2.08. The van der Waals surface area contributed by atoms with E-state index in [9.17, 15) is 10.1 Å². The number of furan rings is 1. The van der Waals surface area contributed by atoms with Crippen LogP contribution in [0.2, 0.25) is 0 Å². The highest BCUT2D eigenvalue weighted by molar-refractivity contribution is 5.82. The number of hydrogen-bond donors (Lipinski definition) is 0. The summed E-state index contributed by atoms with van der Waals surface area (Å²) in [5.41, 5.74) is 0.634. The normalized spacial score (nSPS) is 11.3. The Morgan fingerprint density at radius 2 is 2.00 bits per heavy atom. The minimum atomic E-state index is -0.455. The summed E-state index contributed by atoms with van der Waals surface area (Å²) in [5, 5.41) is 18.1. The van der Waals surface area contributed by atoms with Crippen molar-refractivity contribution < 1.29 is 9.34 Å². The van der Waals surface area contributed by atoms with Crippen molar-refractivity contribution in [1.29, 1.82) is 0 Å². The highest BCUT2D eigenvalue weighted by Gasteiger charge is 2.03. The predicted octanol–water partition coefficient (Wildman–Crippen LogP) is 2.64. The van der Waals surface area contributed by atoms with Crippen LogP contribution >= 0.6 is 0 Å². The molecular formula is C12H9N3O3. The zero-order valence-corrected chi connectivity index (χ0v) is 9.26. The Labute approximate surface area is 102 Å². The van der Waals surface area contributed by atoms with Gasteiger partial charge in [-0.1, -0.05) is 12.1 Å². The summed E-state index contributed by atoms with van der Waals surface area (Å²) in [6.07, 6.45) is 4.42. The fraction of sp³-hybridized carbons (Fsp3) is 0. The summed E-state index contributed by atoms with van der Waals surface area (Å²) >= 11 is 0. The monoisotopic (exact) mass is 243 g/mol. The Morgan fingerprint density at radius 1 is 1.17 bits per heavy atom. The van der Waals surface area contributed by atoms with Crippen LogP contribution in [0.5, 0.6) is 0 Å². The van der Waals surface area contributed by atoms with E-state index < -0.39 is 4.92 Å². The molecule has 0 fully saturated rings. The third kappa shape index (κ3) is 3.11. The van der Waals surface area contributed by atoms with Gasteiger partial charge >= 0.3 is 0 Å². The molecule has 6 heteroatoms. The van der Waals surface area contributed by atoms with Crippen molar-refractivity contribution in [2.24, 2.45) is 10.2 Å². The Kier molecular flexibility index (Phi) is 3.60. The molecule has 0 saturated heterocycles. The number of nitrogens with zero attached hydrogens (tertiary/aromatic N) is 3. The van der Waals surface area contributed by atoms with Crippen molar-refractivity contribution in [3.8, 4) is 0 Å². The van der Waals surface area contributed by atoms with Crippen molar-refractivity contribution >= 4 is 18.1 Å². The lowest BCUT2D eigenvalue weighted by Gasteiger charge is -1.92. The largest absolute Gasteiger partial charge is 0.463 e. The fourth-order valence-corrected chi connectivity index (χ4v) is 1.27. The maximum absolute atomic E-state index is 10.6. The molecule has 0 bridgehead atoms. The van der Waals surface area contributed by atoms with Crippen molar-refractivity contribution in [1.82, 2.24) is 0 Å². The van der Waals surface area contributed by atoms with E-state index in [0.717, 1.165) is 0 Å². The molecule has 0 aliphatic rings. The summed E-state index contributed by atoms with van der Waals surface area (Å²) in [4.78, 5) is 10.1. The van der Waals surface area contributed by atoms with Crippen LogP contribution in [0.3, 0.4) is 0 Å². The first-order valence-corrected chi connectivity index (χ1v) is 5.10. The van der Waals surface area contributed by atoms with E-state index in [1.165, 1.54) is 30.8 Å². The maximum Gasteiger partial charge on any atom is 0.270 e. The Morgan fingerprint density at radius 3 is 2.72 bits per heavy atom. The average Bonchev–Trinajstić information content (AvgIpc) is 2.88. The summed E-state index contributed by atoms with van der Waals surface area (Å²) in [6.45, 7) is 0. The van der Waals surface area contributed by atoms with Crippen molar-refractivity contribution in [2.75, 3.05) is 0 Å². The molecule has 0 saturated carbocycles. The lowest BCUT2D eigenvalue weighted by molar-refractivity contribution is -0.384. The predicted molar refractivity (Wildman–Crippen MR) is 67.0 cm³/mol. The van der Waals surface area contributed by atoms with E-state index in [-0.39, 0.29) is 5.69 Å². The summed E-state index contributed by atoms with van der Waals surface area (Å²) in [6, 6.07) is 9.63. The van der Waals surface area contributed by atoms with Gasteiger partial charge in [0.15, 0.2) is 0 Å². The number of hydrogen-bond acceptors (Lipinski definition) is 5. The van der Waals surface area contributed by atoms with Gasteiger partial charge in [0.2, 0.25) is 0 Å². The molecule has 0 spiro atoms.